The van der Waals surface area contributed by atoms with E-state index in [2.05, 4.69) is 43.6 Å². The second-order valence-corrected chi connectivity index (χ2v) is 5.55. The predicted octanol–water partition coefficient (Wildman–Crippen LogP) is 3.93. The van der Waals surface area contributed by atoms with Gasteiger partial charge in [-0.3, -0.25) is 0 Å². The smallest absolute Gasteiger partial charge is 0.124 e. The molecule has 18 heavy (non-hydrogen) atoms. The van der Waals surface area contributed by atoms with Crippen LogP contribution in [0.3, 0.4) is 0 Å². The summed E-state index contributed by atoms with van der Waals surface area (Å²) in [5.41, 5.74) is 1.67. The second kappa shape index (κ2) is 5.75. The van der Waals surface area contributed by atoms with Crippen molar-refractivity contribution in [2.45, 2.75) is 45.6 Å². The first kappa shape index (κ1) is 13.4. The molecule has 1 unspecified atom stereocenters. The van der Waals surface area contributed by atoms with E-state index in [0.717, 1.165) is 12.4 Å². The standard InChI is InChI=1S/C16H25NO/c1-4-18-14-10-6-5-9-13(14)15(17-3)16(2)11-7-8-12-16/h5-6,9-10,15,17H,4,7-8,11-12H2,1-3H3. The van der Waals surface area contributed by atoms with E-state index in [1.165, 1.54) is 31.2 Å². The topological polar surface area (TPSA) is 21.3 Å². The first-order valence-electron chi connectivity index (χ1n) is 7.10. The highest BCUT2D eigenvalue weighted by Crippen LogP contribution is 2.48. The van der Waals surface area contributed by atoms with E-state index in [0.29, 0.717) is 11.5 Å². The molecular weight excluding hydrogens is 222 g/mol. The summed E-state index contributed by atoms with van der Waals surface area (Å²) in [5, 5.41) is 3.52. The van der Waals surface area contributed by atoms with Crippen LogP contribution in [0.5, 0.6) is 5.75 Å². The van der Waals surface area contributed by atoms with Crippen LogP contribution >= 0.6 is 0 Å². The molecule has 1 N–H and O–H groups in total. The highest BCUT2D eigenvalue weighted by atomic mass is 16.5. The SMILES string of the molecule is CCOc1ccccc1C(NC)C1(C)CCCC1. The molecule has 1 fully saturated rings. The van der Waals surface area contributed by atoms with E-state index in [9.17, 15) is 0 Å². The Morgan fingerprint density at radius 2 is 1.94 bits per heavy atom. The van der Waals surface area contributed by atoms with Crippen LogP contribution in [0.15, 0.2) is 24.3 Å². The number of hydrogen-bond acceptors (Lipinski definition) is 2. The van der Waals surface area contributed by atoms with Gasteiger partial charge < -0.3 is 10.1 Å². The maximum absolute atomic E-state index is 5.78. The number of hydrogen-bond donors (Lipinski definition) is 1. The summed E-state index contributed by atoms with van der Waals surface area (Å²) in [5.74, 6) is 1.03. The summed E-state index contributed by atoms with van der Waals surface area (Å²) < 4.78 is 5.78. The lowest BCUT2D eigenvalue weighted by atomic mass is 9.77. The van der Waals surface area contributed by atoms with E-state index in [1.54, 1.807) is 0 Å². The molecule has 0 saturated heterocycles. The van der Waals surface area contributed by atoms with Gasteiger partial charge in [-0.15, -0.1) is 0 Å². The van der Waals surface area contributed by atoms with Gasteiger partial charge in [-0.1, -0.05) is 38.0 Å². The number of benzene rings is 1. The van der Waals surface area contributed by atoms with E-state index < -0.39 is 0 Å². The minimum atomic E-state index is 0.363. The van der Waals surface area contributed by atoms with Gasteiger partial charge >= 0.3 is 0 Å². The first-order chi connectivity index (χ1) is 8.71. The highest BCUT2D eigenvalue weighted by molar-refractivity contribution is 5.37. The van der Waals surface area contributed by atoms with Crippen molar-refractivity contribution in [3.05, 3.63) is 29.8 Å². The maximum Gasteiger partial charge on any atom is 0.124 e. The van der Waals surface area contributed by atoms with Crippen molar-refractivity contribution in [3.63, 3.8) is 0 Å². The minimum Gasteiger partial charge on any atom is -0.494 e. The molecule has 0 radical (unpaired) electrons. The van der Waals surface area contributed by atoms with Crippen molar-refractivity contribution in [2.24, 2.45) is 5.41 Å². The van der Waals surface area contributed by atoms with Crippen molar-refractivity contribution in [2.75, 3.05) is 13.7 Å². The van der Waals surface area contributed by atoms with Gasteiger partial charge in [0.1, 0.15) is 5.75 Å². The molecule has 0 spiro atoms. The summed E-state index contributed by atoms with van der Waals surface area (Å²) in [7, 11) is 2.07. The van der Waals surface area contributed by atoms with Crippen LogP contribution in [0.1, 0.15) is 51.1 Å². The van der Waals surface area contributed by atoms with Crippen LogP contribution in [-0.4, -0.2) is 13.7 Å². The molecule has 0 heterocycles. The molecular formula is C16H25NO. The molecule has 0 bridgehead atoms. The van der Waals surface area contributed by atoms with Crippen molar-refractivity contribution in [3.8, 4) is 5.75 Å². The lowest BCUT2D eigenvalue weighted by Gasteiger charge is -2.35. The Balaban J connectivity index is 2.32. The molecule has 1 saturated carbocycles. The summed E-state index contributed by atoms with van der Waals surface area (Å²) >= 11 is 0. The van der Waals surface area contributed by atoms with Crippen LogP contribution < -0.4 is 10.1 Å². The van der Waals surface area contributed by atoms with Crippen molar-refractivity contribution in [1.82, 2.24) is 5.32 Å². The molecule has 2 rings (SSSR count). The molecule has 1 aromatic carbocycles. The molecule has 2 nitrogen and oxygen atoms in total. The quantitative estimate of drug-likeness (QED) is 0.851. The Hall–Kier alpha value is -1.02. The molecule has 1 aliphatic carbocycles. The lowest BCUT2D eigenvalue weighted by Crippen LogP contribution is -2.32. The molecule has 1 atom stereocenters. The van der Waals surface area contributed by atoms with Gasteiger partial charge in [-0.05, 0) is 38.3 Å². The van der Waals surface area contributed by atoms with E-state index in [1.807, 2.05) is 6.92 Å². The van der Waals surface area contributed by atoms with Gasteiger partial charge in [0.05, 0.1) is 6.61 Å². The third kappa shape index (κ3) is 2.54. The zero-order chi connectivity index (χ0) is 13.0. The van der Waals surface area contributed by atoms with E-state index in [-0.39, 0.29) is 0 Å². The van der Waals surface area contributed by atoms with Crippen LogP contribution in [0.2, 0.25) is 0 Å². The van der Waals surface area contributed by atoms with Crippen LogP contribution in [0.4, 0.5) is 0 Å². The Kier molecular flexibility index (Phi) is 4.28. The summed E-state index contributed by atoms with van der Waals surface area (Å²) in [6.45, 7) is 5.18. The fraction of sp³-hybridized carbons (Fsp3) is 0.625. The van der Waals surface area contributed by atoms with E-state index in [4.69, 9.17) is 4.74 Å². The maximum atomic E-state index is 5.78. The minimum absolute atomic E-state index is 0.363. The zero-order valence-electron chi connectivity index (χ0n) is 11.8. The molecule has 0 aliphatic heterocycles. The number of ether oxygens (including phenoxy) is 1. The highest BCUT2D eigenvalue weighted by Gasteiger charge is 2.38. The number of rotatable bonds is 5. The Bertz CT molecular complexity index is 382. The largest absolute Gasteiger partial charge is 0.494 e. The van der Waals surface area contributed by atoms with Crippen molar-refractivity contribution >= 4 is 0 Å². The molecule has 100 valence electrons. The Morgan fingerprint density at radius 3 is 2.56 bits per heavy atom. The van der Waals surface area contributed by atoms with Crippen molar-refractivity contribution in [1.29, 1.82) is 0 Å². The number of para-hydroxylation sites is 1. The number of nitrogens with one attached hydrogen (secondary N) is 1. The molecule has 1 aliphatic rings. The zero-order valence-corrected chi connectivity index (χ0v) is 11.8. The van der Waals surface area contributed by atoms with Gasteiger partial charge in [0, 0.05) is 11.6 Å². The fourth-order valence-corrected chi connectivity index (χ4v) is 3.36. The summed E-state index contributed by atoms with van der Waals surface area (Å²) in [4.78, 5) is 0. The molecule has 1 aromatic rings. The summed E-state index contributed by atoms with van der Waals surface area (Å²) in [6, 6.07) is 8.85. The normalized spacial score (nSPS) is 19.7. The third-order valence-corrected chi connectivity index (χ3v) is 4.26. The van der Waals surface area contributed by atoms with Crippen molar-refractivity contribution < 1.29 is 4.74 Å². The summed E-state index contributed by atoms with van der Waals surface area (Å²) in [6.07, 6.45) is 5.31. The Morgan fingerprint density at radius 1 is 1.28 bits per heavy atom. The molecule has 0 aromatic heterocycles. The van der Waals surface area contributed by atoms with E-state index >= 15 is 0 Å². The van der Waals surface area contributed by atoms with Gasteiger partial charge in [-0.25, -0.2) is 0 Å². The van der Waals surface area contributed by atoms with Crippen LogP contribution in [0, 0.1) is 5.41 Å². The monoisotopic (exact) mass is 247 g/mol. The third-order valence-electron chi connectivity index (χ3n) is 4.26. The molecule has 2 heteroatoms. The van der Waals surface area contributed by atoms with Gasteiger partial charge in [-0.2, -0.15) is 0 Å². The fourth-order valence-electron chi connectivity index (χ4n) is 3.36. The van der Waals surface area contributed by atoms with Gasteiger partial charge in [0.2, 0.25) is 0 Å². The van der Waals surface area contributed by atoms with Gasteiger partial charge in [0.15, 0.2) is 0 Å². The second-order valence-electron chi connectivity index (χ2n) is 5.55. The van der Waals surface area contributed by atoms with Crippen LogP contribution in [0.25, 0.3) is 0 Å². The van der Waals surface area contributed by atoms with Crippen LogP contribution in [-0.2, 0) is 0 Å². The molecule has 0 amide bonds. The average Bonchev–Trinajstić information content (AvgIpc) is 2.80. The average molecular weight is 247 g/mol. The first-order valence-corrected chi connectivity index (χ1v) is 7.10. The lowest BCUT2D eigenvalue weighted by molar-refractivity contribution is 0.225. The van der Waals surface area contributed by atoms with Gasteiger partial charge in [0.25, 0.3) is 0 Å². The predicted molar refractivity (Wildman–Crippen MR) is 76.0 cm³/mol. The Labute approximate surface area is 111 Å².